The lowest BCUT2D eigenvalue weighted by atomic mass is 10.1. The van der Waals surface area contributed by atoms with Crippen molar-refractivity contribution in [3.63, 3.8) is 0 Å². The van der Waals surface area contributed by atoms with Crippen LogP contribution in [0.25, 0.3) is 0 Å². The number of carbonyl (C=O) groups excluding carboxylic acids is 1. The molecule has 28 heavy (non-hydrogen) atoms. The number of anilines is 2. The van der Waals surface area contributed by atoms with Gasteiger partial charge in [0.25, 0.3) is 5.91 Å². The molecule has 4 nitrogen and oxygen atoms in total. The molecule has 2 N–H and O–H groups in total. The van der Waals surface area contributed by atoms with Gasteiger partial charge < -0.3 is 10.6 Å². The highest BCUT2D eigenvalue weighted by Gasteiger charge is 2.16. The molecule has 0 radical (unpaired) electrons. The van der Waals surface area contributed by atoms with Crippen molar-refractivity contribution < 1.29 is 22.4 Å². The Bertz CT molecular complexity index is 1010. The lowest BCUT2D eigenvalue weighted by Gasteiger charge is -2.10. The molecule has 0 spiro atoms. The van der Waals surface area contributed by atoms with Crippen LogP contribution >= 0.6 is 0 Å². The van der Waals surface area contributed by atoms with E-state index in [0.717, 1.165) is 12.1 Å². The van der Waals surface area contributed by atoms with Crippen LogP contribution in [0.4, 0.5) is 29.1 Å². The zero-order chi connectivity index (χ0) is 20.1. The van der Waals surface area contributed by atoms with Crippen molar-refractivity contribution >= 4 is 17.4 Å². The van der Waals surface area contributed by atoms with Crippen molar-refractivity contribution in [2.75, 3.05) is 17.2 Å². The van der Waals surface area contributed by atoms with Crippen LogP contribution in [-0.4, -0.2) is 17.4 Å². The minimum absolute atomic E-state index is 0.132. The van der Waals surface area contributed by atoms with Gasteiger partial charge in [-0.2, -0.15) is 0 Å². The van der Waals surface area contributed by atoms with Gasteiger partial charge in [-0.05, 0) is 42.3 Å². The molecule has 0 fully saturated rings. The molecule has 3 rings (SSSR count). The van der Waals surface area contributed by atoms with Crippen LogP contribution in [0.3, 0.4) is 0 Å². The van der Waals surface area contributed by atoms with E-state index in [-0.39, 0.29) is 11.4 Å². The van der Waals surface area contributed by atoms with E-state index >= 15 is 0 Å². The van der Waals surface area contributed by atoms with E-state index in [1.807, 2.05) is 0 Å². The highest BCUT2D eigenvalue weighted by atomic mass is 19.2. The zero-order valence-electron chi connectivity index (χ0n) is 14.5. The summed E-state index contributed by atoms with van der Waals surface area (Å²) < 4.78 is 53.5. The third-order valence-corrected chi connectivity index (χ3v) is 3.96. The number of nitrogens with one attached hydrogen (secondary N) is 2. The first-order valence-corrected chi connectivity index (χ1v) is 8.34. The van der Waals surface area contributed by atoms with Gasteiger partial charge in [-0.3, -0.25) is 4.79 Å². The molecule has 0 aliphatic carbocycles. The lowest BCUT2D eigenvalue weighted by Crippen LogP contribution is -2.15. The predicted molar refractivity (Wildman–Crippen MR) is 97.1 cm³/mol. The second-order valence-corrected chi connectivity index (χ2v) is 5.87. The fourth-order valence-electron chi connectivity index (χ4n) is 2.51. The summed E-state index contributed by atoms with van der Waals surface area (Å²) in [5, 5.41) is 5.15. The molecule has 0 atom stereocenters. The van der Waals surface area contributed by atoms with Gasteiger partial charge in [-0.1, -0.05) is 18.2 Å². The van der Waals surface area contributed by atoms with Crippen molar-refractivity contribution in [2.24, 2.45) is 0 Å². The van der Waals surface area contributed by atoms with E-state index in [4.69, 9.17) is 0 Å². The first-order chi connectivity index (χ1) is 13.5. The Morgan fingerprint density at radius 2 is 1.71 bits per heavy atom. The molecule has 2 aromatic carbocycles. The minimum Gasteiger partial charge on any atom is -0.370 e. The average molecular weight is 389 g/mol. The largest absolute Gasteiger partial charge is 0.370 e. The van der Waals surface area contributed by atoms with Gasteiger partial charge in [-0.15, -0.1) is 0 Å². The molecule has 1 heterocycles. The van der Waals surface area contributed by atoms with Crippen LogP contribution in [0, 0.1) is 23.3 Å². The van der Waals surface area contributed by atoms with Crippen molar-refractivity contribution in [1.82, 2.24) is 4.98 Å². The summed E-state index contributed by atoms with van der Waals surface area (Å²) >= 11 is 0. The summed E-state index contributed by atoms with van der Waals surface area (Å²) in [7, 11) is 0. The fourth-order valence-corrected chi connectivity index (χ4v) is 2.51. The summed E-state index contributed by atoms with van der Waals surface area (Å²) in [6.07, 6.45) is 1.77. The maximum atomic E-state index is 13.7. The number of amides is 1. The number of aromatic nitrogens is 1. The molecule has 1 aromatic heterocycles. The minimum atomic E-state index is -1.66. The fraction of sp³-hybridized carbons (Fsp3) is 0.100. The third-order valence-electron chi connectivity index (χ3n) is 3.96. The number of hydrogen-bond acceptors (Lipinski definition) is 3. The van der Waals surface area contributed by atoms with Gasteiger partial charge in [0, 0.05) is 18.3 Å². The van der Waals surface area contributed by atoms with Crippen molar-refractivity contribution in [2.45, 2.75) is 6.42 Å². The Hall–Kier alpha value is -3.42. The first-order valence-electron chi connectivity index (χ1n) is 8.34. The molecule has 8 heteroatoms. The molecular weight excluding hydrogens is 374 g/mol. The van der Waals surface area contributed by atoms with E-state index in [1.54, 1.807) is 18.2 Å². The van der Waals surface area contributed by atoms with Gasteiger partial charge in [0.15, 0.2) is 17.5 Å². The lowest BCUT2D eigenvalue weighted by molar-refractivity contribution is 0.102. The molecule has 0 saturated heterocycles. The molecule has 144 valence electrons. The van der Waals surface area contributed by atoms with Crippen LogP contribution in [0.15, 0.2) is 54.7 Å². The monoisotopic (exact) mass is 389 g/mol. The predicted octanol–water partition coefficient (Wildman–Crippen LogP) is 4.54. The van der Waals surface area contributed by atoms with Crippen LogP contribution in [0.5, 0.6) is 0 Å². The summed E-state index contributed by atoms with van der Waals surface area (Å²) in [6, 6.07) is 10.8. The Morgan fingerprint density at radius 3 is 2.50 bits per heavy atom. The molecule has 0 bridgehead atoms. The number of halogens is 4. The number of pyridine rings is 1. The zero-order valence-corrected chi connectivity index (χ0v) is 14.5. The van der Waals surface area contributed by atoms with Crippen molar-refractivity contribution in [1.29, 1.82) is 0 Å². The topological polar surface area (TPSA) is 54.0 Å². The smallest absolute Gasteiger partial charge is 0.255 e. The molecule has 0 aliphatic rings. The third kappa shape index (κ3) is 4.46. The van der Waals surface area contributed by atoms with Gasteiger partial charge in [0.1, 0.15) is 11.6 Å². The Labute approximate surface area is 158 Å². The second kappa shape index (κ2) is 8.51. The average Bonchev–Trinajstić information content (AvgIpc) is 2.70. The van der Waals surface area contributed by atoms with Crippen LogP contribution in [0.1, 0.15) is 15.9 Å². The molecular formula is C20H15F4N3O. The number of hydrogen-bond donors (Lipinski definition) is 2. The number of carbonyl (C=O) groups is 1. The maximum Gasteiger partial charge on any atom is 0.255 e. The first kappa shape index (κ1) is 19.3. The molecule has 3 aromatic rings. The van der Waals surface area contributed by atoms with Crippen LogP contribution < -0.4 is 10.6 Å². The summed E-state index contributed by atoms with van der Waals surface area (Å²) in [5.41, 5.74) is 0.194. The van der Waals surface area contributed by atoms with Crippen molar-refractivity contribution in [3.8, 4) is 0 Å². The molecule has 0 saturated carbocycles. The molecule has 0 aliphatic heterocycles. The van der Waals surface area contributed by atoms with Gasteiger partial charge in [-0.25, -0.2) is 22.5 Å². The molecule has 0 unspecified atom stereocenters. The Morgan fingerprint density at radius 1 is 0.929 bits per heavy atom. The second-order valence-electron chi connectivity index (χ2n) is 5.87. The normalized spacial score (nSPS) is 10.6. The van der Waals surface area contributed by atoms with Gasteiger partial charge >= 0.3 is 0 Å². The van der Waals surface area contributed by atoms with E-state index in [2.05, 4.69) is 15.6 Å². The highest BCUT2D eigenvalue weighted by Crippen LogP contribution is 2.20. The van der Waals surface area contributed by atoms with Crippen molar-refractivity contribution in [3.05, 3.63) is 89.1 Å². The van der Waals surface area contributed by atoms with Crippen LogP contribution in [0.2, 0.25) is 0 Å². The van der Waals surface area contributed by atoms with Gasteiger partial charge in [0.2, 0.25) is 0 Å². The van der Waals surface area contributed by atoms with Crippen LogP contribution in [-0.2, 0) is 6.42 Å². The summed E-state index contributed by atoms with van der Waals surface area (Å²) in [4.78, 5) is 16.3. The standard InChI is InChI=1S/C20H15F4N3O/c21-14-4-2-1-3-12(14)7-9-25-17-11-13(8-10-26-17)20(28)27-16-6-5-15(22)18(23)19(16)24/h1-6,8,10-11H,7,9H2,(H,25,26)(H,27,28). The van der Waals surface area contributed by atoms with E-state index < -0.39 is 29.0 Å². The number of rotatable bonds is 6. The Kier molecular flexibility index (Phi) is 5.88. The summed E-state index contributed by atoms with van der Waals surface area (Å²) in [5.74, 6) is -5.16. The van der Waals surface area contributed by atoms with Gasteiger partial charge in [0.05, 0.1) is 5.69 Å². The number of nitrogens with zero attached hydrogens (tertiary/aromatic N) is 1. The number of benzene rings is 2. The van der Waals surface area contributed by atoms with E-state index in [9.17, 15) is 22.4 Å². The maximum absolute atomic E-state index is 13.7. The SMILES string of the molecule is O=C(Nc1ccc(F)c(F)c1F)c1ccnc(NCCc2ccccc2F)c1. The Balaban J connectivity index is 1.65. The van der Waals surface area contributed by atoms with E-state index in [1.165, 1.54) is 24.4 Å². The highest BCUT2D eigenvalue weighted by molar-refractivity contribution is 6.04. The van der Waals surface area contributed by atoms with E-state index in [0.29, 0.717) is 24.3 Å². The molecule has 1 amide bonds. The summed E-state index contributed by atoms with van der Waals surface area (Å²) in [6.45, 7) is 0.372. The quantitative estimate of drug-likeness (QED) is 0.481.